The lowest BCUT2D eigenvalue weighted by Crippen LogP contribution is -2.49. The molecular formula is C16H19N5OS. The number of hydrogen-bond acceptors (Lipinski definition) is 6. The minimum absolute atomic E-state index is 0.129. The topological polar surface area (TPSA) is 60.0 Å². The maximum atomic E-state index is 5.84. The number of rotatable bonds is 4. The van der Waals surface area contributed by atoms with E-state index in [1.165, 1.54) is 5.69 Å². The Hall–Kier alpha value is -1.99. The summed E-state index contributed by atoms with van der Waals surface area (Å²) in [7, 11) is 0. The van der Waals surface area contributed by atoms with Crippen molar-refractivity contribution < 1.29 is 4.42 Å². The Bertz CT molecular complexity index is 800. The number of thiophene rings is 1. The molecule has 1 aliphatic rings. The Morgan fingerprint density at radius 3 is 2.78 bits per heavy atom. The molecule has 1 atom stereocenters. The quantitative estimate of drug-likeness (QED) is 0.735. The van der Waals surface area contributed by atoms with Gasteiger partial charge in [0.2, 0.25) is 5.89 Å². The summed E-state index contributed by atoms with van der Waals surface area (Å²) in [4.78, 5) is 3.35. The van der Waals surface area contributed by atoms with E-state index in [1.54, 1.807) is 11.3 Å². The third-order valence-corrected chi connectivity index (χ3v) is 5.22. The molecule has 1 unspecified atom stereocenters. The van der Waals surface area contributed by atoms with E-state index in [-0.39, 0.29) is 6.04 Å². The highest BCUT2D eigenvalue weighted by Crippen LogP contribution is 2.32. The summed E-state index contributed by atoms with van der Waals surface area (Å²) in [6, 6.07) is 6.67. The van der Waals surface area contributed by atoms with Crippen LogP contribution >= 0.6 is 11.3 Å². The molecule has 1 fully saturated rings. The van der Waals surface area contributed by atoms with Crippen molar-refractivity contribution in [3.05, 3.63) is 40.9 Å². The van der Waals surface area contributed by atoms with Crippen molar-refractivity contribution in [1.29, 1.82) is 0 Å². The Morgan fingerprint density at radius 1 is 1.30 bits per heavy atom. The van der Waals surface area contributed by atoms with Gasteiger partial charge in [0, 0.05) is 18.8 Å². The van der Waals surface area contributed by atoms with Crippen LogP contribution in [0.15, 0.2) is 28.0 Å². The lowest BCUT2D eigenvalue weighted by Gasteiger charge is -2.42. The first-order valence-electron chi connectivity index (χ1n) is 7.76. The van der Waals surface area contributed by atoms with Gasteiger partial charge < -0.3 is 4.42 Å². The number of likely N-dealkylation sites (tertiary alicyclic amines) is 1. The summed E-state index contributed by atoms with van der Waals surface area (Å²) < 4.78 is 7.97. The summed E-state index contributed by atoms with van der Waals surface area (Å²) in [5.74, 6) is 1.29. The molecule has 1 saturated heterocycles. The maximum Gasteiger partial charge on any atom is 0.257 e. The lowest BCUT2D eigenvalue weighted by atomic mass is 10.1. The molecule has 0 N–H and O–H groups in total. The molecule has 0 spiro atoms. The Balaban J connectivity index is 1.43. The molecule has 23 heavy (non-hydrogen) atoms. The normalized spacial score (nSPS) is 17.3. The molecule has 0 radical (unpaired) electrons. The molecule has 4 rings (SSSR count). The van der Waals surface area contributed by atoms with Crippen LogP contribution in [0.2, 0.25) is 0 Å². The second-order valence-electron chi connectivity index (χ2n) is 6.08. The number of nitrogens with zero attached hydrogens (tertiary/aromatic N) is 5. The SMILES string of the molecule is Cc1cc(C)n(C2CN(C(C)c3nnc(-c4cccs4)o3)C2)n1. The highest BCUT2D eigenvalue weighted by atomic mass is 32.1. The molecule has 0 aromatic carbocycles. The van der Waals surface area contributed by atoms with E-state index in [0.717, 1.165) is 23.7 Å². The van der Waals surface area contributed by atoms with Gasteiger partial charge in [0.05, 0.1) is 22.7 Å². The van der Waals surface area contributed by atoms with E-state index in [0.29, 0.717) is 17.8 Å². The largest absolute Gasteiger partial charge is 0.418 e. The molecule has 1 aliphatic heterocycles. The van der Waals surface area contributed by atoms with Crippen molar-refractivity contribution in [1.82, 2.24) is 24.9 Å². The second kappa shape index (κ2) is 5.58. The molecule has 0 aliphatic carbocycles. The highest BCUT2D eigenvalue weighted by molar-refractivity contribution is 7.13. The molecule has 4 heterocycles. The summed E-state index contributed by atoms with van der Waals surface area (Å²) in [5.41, 5.74) is 2.30. The van der Waals surface area contributed by atoms with Gasteiger partial charge in [0.25, 0.3) is 5.89 Å². The van der Waals surface area contributed by atoms with Crippen LogP contribution in [0, 0.1) is 13.8 Å². The van der Waals surface area contributed by atoms with Crippen molar-refractivity contribution in [3.63, 3.8) is 0 Å². The average molecular weight is 329 g/mol. The minimum Gasteiger partial charge on any atom is -0.418 e. The van der Waals surface area contributed by atoms with Crippen molar-refractivity contribution in [2.24, 2.45) is 0 Å². The lowest BCUT2D eigenvalue weighted by molar-refractivity contribution is 0.0473. The van der Waals surface area contributed by atoms with Gasteiger partial charge in [0.15, 0.2) is 0 Å². The number of hydrogen-bond donors (Lipinski definition) is 0. The first-order valence-corrected chi connectivity index (χ1v) is 8.64. The van der Waals surface area contributed by atoms with Crippen LogP contribution in [0.1, 0.15) is 36.3 Å². The van der Waals surface area contributed by atoms with Crippen LogP contribution in [0.5, 0.6) is 0 Å². The van der Waals surface area contributed by atoms with Crippen LogP contribution in [0.4, 0.5) is 0 Å². The van der Waals surface area contributed by atoms with E-state index < -0.39 is 0 Å². The maximum absolute atomic E-state index is 5.84. The van der Waals surface area contributed by atoms with E-state index >= 15 is 0 Å². The van der Waals surface area contributed by atoms with Gasteiger partial charge in [-0.2, -0.15) is 5.10 Å². The second-order valence-corrected chi connectivity index (χ2v) is 7.03. The Morgan fingerprint density at radius 2 is 2.13 bits per heavy atom. The van der Waals surface area contributed by atoms with Crippen LogP contribution in [-0.2, 0) is 0 Å². The fourth-order valence-corrected chi connectivity index (χ4v) is 3.68. The third-order valence-electron chi connectivity index (χ3n) is 4.36. The zero-order chi connectivity index (χ0) is 16.0. The summed E-state index contributed by atoms with van der Waals surface area (Å²) >= 11 is 1.61. The molecule has 0 saturated carbocycles. The predicted octanol–water partition coefficient (Wildman–Crippen LogP) is 3.23. The molecule has 7 heteroatoms. The third kappa shape index (κ3) is 2.60. The average Bonchev–Trinajstić information content (AvgIpc) is 3.18. The van der Waals surface area contributed by atoms with Crippen molar-refractivity contribution in [3.8, 4) is 10.8 Å². The van der Waals surface area contributed by atoms with Gasteiger partial charge >= 0.3 is 0 Å². The molecule has 0 amide bonds. The zero-order valence-electron chi connectivity index (χ0n) is 13.4. The first-order chi connectivity index (χ1) is 11.1. The van der Waals surface area contributed by atoms with Crippen molar-refractivity contribution in [2.75, 3.05) is 13.1 Å². The van der Waals surface area contributed by atoms with Crippen molar-refractivity contribution in [2.45, 2.75) is 32.9 Å². The van der Waals surface area contributed by atoms with Crippen LogP contribution in [-0.4, -0.2) is 38.0 Å². The molecule has 6 nitrogen and oxygen atoms in total. The van der Waals surface area contributed by atoms with Crippen LogP contribution in [0.3, 0.4) is 0 Å². The molecule has 3 aromatic rings. The molecule has 3 aromatic heterocycles. The van der Waals surface area contributed by atoms with E-state index in [1.807, 2.05) is 24.4 Å². The van der Waals surface area contributed by atoms with E-state index in [9.17, 15) is 0 Å². The van der Waals surface area contributed by atoms with Gasteiger partial charge in [-0.1, -0.05) is 6.07 Å². The zero-order valence-corrected chi connectivity index (χ0v) is 14.2. The molecular weight excluding hydrogens is 310 g/mol. The number of aromatic nitrogens is 4. The Kier molecular flexibility index (Phi) is 3.54. The Labute approximate surface area is 138 Å². The fourth-order valence-electron chi connectivity index (χ4n) is 3.03. The van der Waals surface area contributed by atoms with Gasteiger partial charge in [0.1, 0.15) is 0 Å². The predicted molar refractivity (Wildman–Crippen MR) is 88.3 cm³/mol. The van der Waals surface area contributed by atoms with Crippen LogP contribution in [0.25, 0.3) is 10.8 Å². The van der Waals surface area contributed by atoms with Crippen LogP contribution < -0.4 is 0 Å². The summed E-state index contributed by atoms with van der Waals surface area (Å²) in [5, 5.41) is 15.0. The number of aryl methyl sites for hydroxylation is 2. The fraction of sp³-hybridized carbons (Fsp3) is 0.438. The molecule has 0 bridgehead atoms. The smallest absolute Gasteiger partial charge is 0.257 e. The summed E-state index contributed by atoms with van der Waals surface area (Å²) in [6.07, 6.45) is 0. The van der Waals surface area contributed by atoms with Gasteiger partial charge in [-0.25, -0.2) is 0 Å². The summed E-state index contributed by atoms with van der Waals surface area (Å²) in [6.45, 7) is 8.17. The first kappa shape index (κ1) is 14.6. The van der Waals surface area contributed by atoms with Gasteiger partial charge in [-0.15, -0.1) is 21.5 Å². The monoisotopic (exact) mass is 329 g/mol. The standard InChI is InChI=1S/C16H19N5OS/c1-10-7-11(2)21(19-10)13-8-20(9-13)12(3)15-17-18-16(22-15)14-5-4-6-23-14/h4-7,12-13H,8-9H2,1-3H3. The molecule has 120 valence electrons. The van der Waals surface area contributed by atoms with Crippen molar-refractivity contribution >= 4 is 11.3 Å². The van der Waals surface area contributed by atoms with E-state index in [4.69, 9.17) is 4.42 Å². The van der Waals surface area contributed by atoms with Gasteiger partial charge in [-0.3, -0.25) is 9.58 Å². The minimum atomic E-state index is 0.129. The van der Waals surface area contributed by atoms with Gasteiger partial charge in [-0.05, 0) is 38.3 Å². The highest BCUT2D eigenvalue weighted by Gasteiger charge is 2.35. The van der Waals surface area contributed by atoms with E-state index in [2.05, 4.69) is 44.8 Å².